The third-order valence-electron chi connectivity index (χ3n) is 5.66. The molecule has 2 amide bonds. The number of hydrogen-bond donors (Lipinski definition) is 0. The lowest BCUT2D eigenvalue weighted by Crippen LogP contribution is -2.44. The van der Waals surface area contributed by atoms with Crippen LogP contribution in [0.5, 0.6) is 5.75 Å². The van der Waals surface area contributed by atoms with Crippen molar-refractivity contribution in [2.45, 2.75) is 13.3 Å². The molecule has 1 aromatic carbocycles. The summed E-state index contributed by atoms with van der Waals surface area (Å²) in [5.74, 6) is 0.517. The van der Waals surface area contributed by atoms with Gasteiger partial charge in [0, 0.05) is 23.1 Å². The molecule has 0 aliphatic carbocycles. The minimum absolute atomic E-state index is 0.370. The fourth-order valence-corrected chi connectivity index (χ4v) is 5.64. The molecule has 0 unspecified atom stereocenters. The number of hydrazine groups is 1. The van der Waals surface area contributed by atoms with E-state index in [0.29, 0.717) is 23.0 Å². The first-order chi connectivity index (χ1) is 17.4. The van der Waals surface area contributed by atoms with Crippen LogP contribution in [0.1, 0.15) is 13.3 Å². The predicted molar refractivity (Wildman–Crippen MR) is 144 cm³/mol. The van der Waals surface area contributed by atoms with Crippen LogP contribution in [0, 0.1) is 0 Å². The topological polar surface area (TPSA) is 78.9 Å². The molecule has 8 nitrogen and oxygen atoms in total. The zero-order valence-corrected chi connectivity index (χ0v) is 21.8. The van der Waals surface area contributed by atoms with Crippen LogP contribution < -0.4 is 9.75 Å². The lowest BCUT2D eigenvalue weighted by molar-refractivity contribution is -0.137. The lowest BCUT2D eigenvalue weighted by atomic mass is 10.2. The van der Waals surface area contributed by atoms with Gasteiger partial charge in [-0.1, -0.05) is 12.1 Å². The molecule has 36 heavy (non-hydrogen) atoms. The number of amides is 2. The van der Waals surface area contributed by atoms with E-state index in [1.165, 1.54) is 35.1 Å². The summed E-state index contributed by atoms with van der Waals surface area (Å²) in [5.41, 5.74) is 1.38. The lowest BCUT2D eigenvalue weighted by Gasteiger charge is -2.30. The predicted octanol–water partition coefficient (Wildman–Crippen LogP) is 5.12. The zero-order chi connectivity index (χ0) is 25.2. The number of hydrogen-bond acceptors (Lipinski definition) is 9. The first-order valence-electron chi connectivity index (χ1n) is 11.4. The van der Waals surface area contributed by atoms with Crippen LogP contribution in [0.2, 0.25) is 0 Å². The molecule has 0 spiro atoms. The Morgan fingerprint density at radius 3 is 2.72 bits per heavy atom. The number of fused-ring (bicyclic) bond motifs is 1. The van der Waals surface area contributed by atoms with E-state index in [0.717, 1.165) is 44.4 Å². The zero-order valence-electron chi connectivity index (χ0n) is 20.2. The van der Waals surface area contributed by atoms with E-state index in [4.69, 9.17) is 4.74 Å². The third kappa shape index (κ3) is 4.75. The van der Waals surface area contributed by atoms with E-state index >= 15 is 0 Å². The van der Waals surface area contributed by atoms with E-state index in [1.54, 1.807) is 11.9 Å². The van der Waals surface area contributed by atoms with Crippen molar-refractivity contribution in [2.24, 2.45) is 0 Å². The van der Waals surface area contributed by atoms with Gasteiger partial charge in [0.05, 0.1) is 12.0 Å². The van der Waals surface area contributed by atoms with Gasteiger partial charge < -0.3 is 9.64 Å². The van der Waals surface area contributed by atoms with Crippen molar-refractivity contribution < 1.29 is 14.3 Å². The number of anilines is 2. The first kappa shape index (κ1) is 24.1. The minimum Gasteiger partial charge on any atom is -0.494 e. The van der Waals surface area contributed by atoms with Crippen molar-refractivity contribution in [3.8, 4) is 16.2 Å². The maximum Gasteiger partial charge on any atom is 0.276 e. The van der Waals surface area contributed by atoms with E-state index in [-0.39, 0.29) is 5.91 Å². The summed E-state index contributed by atoms with van der Waals surface area (Å²) in [6.45, 7) is 3.25. The summed E-state index contributed by atoms with van der Waals surface area (Å²) >= 11 is 2.95. The van der Waals surface area contributed by atoms with Crippen molar-refractivity contribution >= 4 is 55.5 Å². The van der Waals surface area contributed by atoms with E-state index in [9.17, 15) is 9.59 Å². The van der Waals surface area contributed by atoms with Crippen LogP contribution in [-0.4, -0.2) is 58.9 Å². The Labute approximate surface area is 217 Å². The maximum absolute atomic E-state index is 13.0. The van der Waals surface area contributed by atoms with Crippen LogP contribution >= 0.6 is 22.7 Å². The Kier molecular flexibility index (Phi) is 6.82. The van der Waals surface area contributed by atoms with Gasteiger partial charge in [-0.05, 0) is 68.7 Å². The highest BCUT2D eigenvalue weighted by Gasteiger charge is 2.37. The van der Waals surface area contributed by atoms with Crippen molar-refractivity contribution in [1.29, 1.82) is 0 Å². The third-order valence-corrected chi connectivity index (χ3v) is 7.59. The van der Waals surface area contributed by atoms with Crippen molar-refractivity contribution in [3.05, 3.63) is 65.8 Å². The number of rotatable bonds is 9. The number of thiophene rings is 2. The van der Waals surface area contributed by atoms with E-state index in [2.05, 4.69) is 14.9 Å². The van der Waals surface area contributed by atoms with Gasteiger partial charge >= 0.3 is 0 Å². The van der Waals surface area contributed by atoms with Gasteiger partial charge in [-0.15, -0.1) is 22.7 Å². The molecule has 0 bridgehead atoms. The monoisotopic (exact) mass is 519 g/mol. The van der Waals surface area contributed by atoms with Crippen molar-refractivity contribution in [3.63, 3.8) is 0 Å². The molecule has 1 aliphatic heterocycles. The second kappa shape index (κ2) is 10.2. The largest absolute Gasteiger partial charge is 0.494 e. The molecule has 0 radical (unpaired) electrons. The normalized spacial score (nSPS) is 13.7. The van der Waals surface area contributed by atoms with Gasteiger partial charge in [0.2, 0.25) is 0 Å². The van der Waals surface area contributed by atoms with E-state index in [1.807, 2.05) is 61.9 Å². The Bertz CT molecular complexity index is 1460. The number of ether oxygens (including phenoxy) is 1. The van der Waals surface area contributed by atoms with Crippen LogP contribution in [-0.2, 0) is 9.59 Å². The second-order valence-electron chi connectivity index (χ2n) is 8.60. The molecule has 10 heteroatoms. The number of carbonyl (C=O) groups is 2. The minimum atomic E-state index is -0.400. The van der Waals surface area contributed by atoms with Crippen molar-refractivity contribution in [1.82, 2.24) is 19.9 Å². The summed E-state index contributed by atoms with van der Waals surface area (Å²) < 4.78 is 5.95. The number of nitrogens with zero attached hydrogens (tertiary/aromatic N) is 5. The van der Waals surface area contributed by atoms with Crippen LogP contribution in [0.4, 0.5) is 10.8 Å². The highest BCUT2D eigenvalue weighted by molar-refractivity contribution is 7.19. The first-order valence-corrected chi connectivity index (χ1v) is 13.1. The van der Waals surface area contributed by atoms with Crippen LogP contribution in [0.15, 0.2) is 65.8 Å². The van der Waals surface area contributed by atoms with E-state index < -0.39 is 5.91 Å². The summed E-state index contributed by atoms with van der Waals surface area (Å²) in [6, 6.07) is 13.7. The van der Waals surface area contributed by atoms with Crippen LogP contribution in [0.3, 0.4) is 0 Å². The number of aromatic nitrogens is 2. The molecule has 0 N–H and O–H groups in total. The summed E-state index contributed by atoms with van der Waals surface area (Å²) in [5, 5.41) is 6.13. The molecule has 0 atom stereocenters. The van der Waals surface area contributed by atoms with Gasteiger partial charge in [0.15, 0.2) is 5.82 Å². The number of benzene rings is 1. The molecule has 4 heterocycles. The Morgan fingerprint density at radius 1 is 1.08 bits per heavy atom. The molecule has 4 aromatic rings. The Balaban J connectivity index is 1.48. The highest BCUT2D eigenvalue weighted by atomic mass is 32.1. The molecule has 0 saturated carbocycles. The van der Waals surface area contributed by atoms with Gasteiger partial charge in [-0.3, -0.25) is 9.59 Å². The molecular formula is C26H25N5O3S2. The van der Waals surface area contributed by atoms with Crippen LogP contribution in [0.25, 0.3) is 20.7 Å². The molecule has 5 rings (SSSR count). The standard InChI is InChI=1S/C26H25N5O3S2/c1-17-14-22(32)30(26(17)33)31(24-20-10-13-35-25(20)28-16-27-24)23-9-8-21(36-23)18-6-4-7-19(15-18)34-12-5-11-29(2)3/h4,6-10,13-16H,5,11-12H2,1-3H3. The molecule has 0 fully saturated rings. The molecule has 3 aromatic heterocycles. The van der Waals surface area contributed by atoms with Gasteiger partial charge in [0.25, 0.3) is 11.8 Å². The Morgan fingerprint density at radius 2 is 1.94 bits per heavy atom. The second-order valence-corrected chi connectivity index (χ2v) is 10.6. The summed E-state index contributed by atoms with van der Waals surface area (Å²) in [7, 11) is 4.09. The quantitative estimate of drug-likeness (QED) is 0.224. The Hall–Kier alpha value is -3.60. The highest BCUT2D eigenvalue weighted by Crippen LogP contribution is 2.41. The molecule has 0 saturated heterocycles. The average molecular weight is 520 g/mol. The van der Waals surface area contributed by atoms with Gasteiger partial charge in [-0.25, -0.2) is 15.0 Å². The summed E-state index contributed by atoms with van der Waals surface area (Å²) in [6.07, 6.45) is 3.75. The average Bonchev–Trinajstić information content (AvgIpc) is 3.59. The van der Waals surface area contributed by atoms with Gasteiger partial charge in [-0.2, -0.15) is 5.01 Å². The van der Waals surface area contributed by atoms with Crippen molar-refractivity contribution in [2.75, 3.05) is 32.3 Å². The molecular weight excluding hydrogens is 494 g/mol. The summed E-state index contributed by atoms with van der Waals surface area (Å²) in [4.78, 5) is 38.6. The fourth-order valence-electron chi connectivity index (χ4n) is 3.91. The number of carbonyl (C=O) groups excluding carboxylic acids is 2. The molecule has 184 valence electrons. The SMILES string of the molecule is CC1=CC(=O)N(N(c2ccc(-c3cccc(OCCCN(C)C)c3)s2)c2ncnc3sccc23)C1=O. The molecule has 1 aliphatic rings. The fraction of sp³-hybridized carbons (Fsp3) is 0.231. The smallest absolute Gasteiger partial charge is 0.276 e. The maximum atomic E-state index is 13.0. The van der Waals surface area contributed by atoms with Gasteiger partial charge in [0.1, 0.15) is 21.9 Å². The number of imide groups is 1.